The van der Waals surface area contributed by atoms with E-state index in [1.807, 2.05) is 36.4 Å². The van der Waals surface area contributed by atoms with Gasteiger partial charge in [0, 0.05) is 28.4 Å². The minimum Gasteiger partial charge on any atom is -0.352 e. The number of amides is 2. The first-order valence-corrected chi connectivity index (χ1v) is 11.1. The fraction of sp³-hybridized carbons (Fsp3) is 0.154. The zero-order valence-corrected chi connectivity index (χ0v) is 18.2. The van der Waals surface area contributed by atoms with Crippen LogP contribution in [-0.4, -0.2) is 24.9 Å². The van der Waals surface area contributed by atoms with Crippen molar-refractivity contribution < 1.29 is 9.59 Å². The first kappa shape index (κ1) is 20.9. The van der Waals surface area contributed by atoms with E-state index in [1.54, 1.807) is 28.8 Å². The summed E-state index contributed by atoms with van der Waals surface area (Å²) in [4.78, 5) is 29.5. The lowest BCUT2D eigenvalue weighted by Crippen LogP contribution is -2.31. The van der Waals surface area contributed by atoms with Gasteiger partial charge < -0.3 is 10.2 Å². The fourth-order valence-corrected chi connectivity index (χ4v) is 4.61. The molecule has 0 atom stereocenters. The Hall–Kier alpha value is -3.31. The van der Waals surface area contributed by atoms with E-state index < -0.39 is 0 Å². The molecule has 0 saturated carbocycles. The fourth-order valence-electron chi connectivity index (χ4n) is 3.55. The third-order valence-electron chi connectivity index (χ3n) is 5.23. The summed E-state index contributed by atoms with van der Waals surface area (Å²) >= 11 is 1.54. The van der Waals surface area contributed by atoms with Gasteiger partial charge in [0.2, 0.25) is 0 Å². The molecule has 1 aliphatic heterocycles. The van der Waals surface area contributed by atoms with Crippen LogP contribution < -0.4 is 10.2 Å². The van der Waals surface area contributed by atoms with E-state index >= 15 is 0 Å². The molecule has 4 nitrogen and oxygen atoms in total. The molecule has 0 bridgehead atoms. The molecule has 31 heavy (non-hydrogen) atoms. The first-order valence-electron chi connectivity index (χ1n) is 10.2. The van der Waals surface area contributed by atoms with Crippen molar-refractivity contribution in [1.29, 1.82) is 0 Å². The molecule has 156 valence electrons. The molecule has 0 aliphatic carbocycles. The van der Waals surface area contributed by atoms with Crippen LogP contribution in [0.15, 0.2) is 89.2 Å². The highest BCUT2D eigenvalue weighted by molar-refractivity contribution is 7.99. The number of hydrogen-bond donors (Lipinski definition) is 1. The number of rotatable bonds is 6. The minimum atomic E-state index is -0.146. The minimum absolute atomic E-state index is 0.0846. The zero-order chi connectivity index (χ0) is 21.8. The smallest absolute Gasteiger partial charge is 0.259 e. The molecule has 2 amide bonds. The molecule has 3 aromatic carbocycles. The average Bonchev–Trinajstić information content (AvgIpc) is 2.90. The summed E-state index contributed by atoms with van der Waals surface area (Å²) in [5.41, 5.74) is 4.34. The van der Waals surface area contributed by atoms with Gasteiger partial charge in [-0.3, -0.25) is 9.59 Å². The average molecular weight is 429 g/mol. The van der Waals surface area contributed by atoms with Crippen LogP contribution in [0.3, 0.4) is 0 Å². The summed E-state index contributed by atoms with van der Waals surface area (Å²) in [5, 5.41) is 2.99. The molecule has 0 fully saturated rings. The van der Waals surface area contributed by atoms with Gasteiger partial charge in [-0.05, 0) is 49.2 Å². The van der Waals surface area contributed by atoms with E-state index in [2.05, 4.69) is 43.1 Å². The highest BCUT2D eigenvalue weighted by Crippen LogP contribution is 2.41. The Morgan fingerprint density at radius 1 is 1.06 bits per heavy atom. The largest absolute Gasteiger partial charge is 0.352 e. The van der Waals surface area contributed by atoms with Crippen LogP contribution in [0.25, 0.3) is 0 Å². The van der Waals surface area contributed by atoms with Crippen molar-refractivity contribution in [2.24, 2.45) is 0 Å². The second kappa shape index (κ2) is 9.23. The lowest BCUT2D eigenvalue weighted by Gasteiger charge is -2.22. The maximum atomic E-state index is 13.2. The molecule has 1 N–H and O–H groups in total. The lowest BCUT2D eigenvalue weighted by atomic mass is 10.1. The molecule has 0 unspecified atom stereocenters. The Morgan fingerprint density at radius 2 is 1.84 bits per heavy atom. The predicted molar refractivity (Wildman–Crippen MR) is 126 cm³/mol. The Balaban J connectivity index is 1.55. The van der Waals surface area contributed by atoms with E-state index in [9.17, 15) is 9.59 Å². The number of benzene rings is 3. The van der Waals surface area contributed by atoms with Gasteiger partial charge in [0.05, 0.1) is 11.3 Å². The normalized spacial score (nSPS) is 12.5. The van der Waals surface area contributed by atoms with E-state index in [-0.39, 0.29) is 11.8 Å². The molecule has 0 aromatic heterocycles. The molecule has 0 saturated heterocycles. The van der Waals surface area contributed by atoms with E-state index in [0.29, 0.717) is 24.2 Å². The Labute approximate surface area is 187 Å². The molecule has 0 spiro atoms. The standard InChI is InChI=1S/C26H24N2O2S/c1-3-16-28-22-17-20(25(29)27-15-14-19-10-8-18(2)9-11-19)12-13-24(22)31-23-7-5-4-6-21(23)26(28)30/h3-13,17H,1,14-16H2,2H3,(H,27,29). The Morgan fingerprint density at radius 3 is 2.61 bits per heavy atom. The van der Waals surface area contributed by atoms with E-state index in [1.165, 1.54) is 11.1 Å². The second-order valence-corrected chi connectivity index (χ2v) is 8.56. The zero-order valence-electron chi connectivity index (χ0n) is 17.4. The van der Waals surface area contributed by atoms with Gasteiger partial charge in [0.25, 0.3) is 11.8 Å². The third kappa shape index (κ3) is 4.57. The van der Waals surface area contributed by atoms with Crippen molar-refractivity contribution in [2.45, 2.75) is 23.1 Å². The molecule has 0 radical (unpaired) electrons. The van der Waals surface area contributed by atoms with Crippen molar-refractivity contribution in [1.82, 2.24) is 5.32 Å². The van der Waals surface area contributed by atoms with Gasteiger partial charge in [0.1, 0.15) is 0 Å². The van der Waals surface area contributed by atoms with E-state index in [4.69, 9.17) is 0 Å². The Bertz CT molecular complexity index is 1140. The highest BCUT2D eigenvalue weighted by atomic mass is 32.2. The Kier molecular flexibility index (Phi) is 6.23. The van der Waals surface area contributed by atoms with Crippen molar-refractivity contribution in [3.63, 3.8) is 0 Å². The van der Waals surface area contributed by atoms with Crippen LogP contribution in [0.1, 0.15) is 31.8 Å². The molecular formula is C26H24N2O2S. The number of carbonyl (C=O) groups excluding carboxylic acids is 2. The predicted octanol–water partition coefficient (Wildman–Crippen LogP) is 5.26. The number of hydrogen-bond acceptors (Lipinski definition) is 3. The van der Waals surface area contributed by atoms with Gasteiger partial charge in [0.15, 0.2) is 0 Å². The summed E-state index contributed by atoms with van der Waals surface area (Å²) in [6.45, 7) is 6.78. The number of carbonyl (C=O) groups is 2. The van der Waals surface area contributed by atoms with Crippen LogP contribution in [0.5, 0.6) is 0 Å². The van der Waals surface area contributed by atoms with Crippen molar-refractivity contribution in [3.05, 3.63) is 102 Å². The van der Waals surface area contributed by atoms with Gasteiger partial charge in [-0.2, -0.15) is 0 Å². The maximum Gasteiger partial charge on any atom is 0.259 e. The quantitative estimate of drug-likeness (QED) is 0.545. The summed E-state index contributed by atoms with van der Waals surface area (Å²) in [6.07, 6.45) is 2.47. The van der Waals surface area contributed by atoms with Crippen molar-refractivity contribution in [2.75, 3.05) is 18.0 Å². The molecule has 1 heterocycles. The van der Waals surface area contributed by atoms with Crippen LogP contribution in [0.4, 0.5) is 5.69 Å². The summed E-state index contributed by atoms with van der Waals surface area (Å²) < 4.78 is 0. The van der Waals surface area contributed by atoms with Crippen molar-refractivity contribution in [3.8, 4) is 0 Å². The number of fused-ring (bicyclic) bond motifs is 2. The molecule has 3 aromatic rings. The van der Waals surface area contributed by atoms with Gasteiger partial charge >= 0.3 is 0 Å². The van der Waals surface area contributed by atoms with E-state index in [0.717, 1.165) is 21.9 Å². The topological polar surface area (TPSA) is 49.4 Å². The van der Waals surface area contributed by atoms with Crippen LogP contribution in [0.2, 0.25) is 0 Å². The van der Waals surface area contributed by atoms with Gasteiger partial charge in [-0.1, -0.05) is 59.8 Å². The first-order chi connectivity index (χ1) is 15.1. The van der Waals surface area contributed by atoms with Crippen LogP contribution in [0, 0.1) is 6.92 Å². The monoisotopic (exact) mass is 428 g/mol. The van der Waals surface area contributed by atoms with Gasteiger partial charge in [-0.25, -0.2) is 0 Å². The summed E-state index contributed by atoms with van der Waals surface area (Å²) in [5.74, 6) is -0.230. The molecule has 1 aliphatic rings. The van der Waals surface area contributed by atoms with Gasteiger partial charge in [-0.15, -0.1) is 6.58 Å². The van der Waals surface area contributed by atoms with Crippen LogP contribution >= 0.6 is 11.8 Å². The summed E-state index contributed by atoms with van der Waals surface area (Å²) in [6, 6.07) is 21.4. The second-order valence-electron chi connectivity index (χ2n) is 7.48. The molecule has 5 heteroatoms. The molecule has 4 rings (SSSR count). The number of nitrogens with zero attached hydrogens (tertiary/aromatic N) is 1. The maximum absolute atomic E-state index is 13.2. The number of aryl methyl sites for hydroxylation is 1. The SMILES string of the molecule is C=CCN1C(=O)c2ccccc2Sc2ccc(C(=O)NCCc3ccc(C)cc3)cc21. The molecular weight excluding hydrogens is 404 g/mol. The number of nitrogens with one attached hydrogen (secondary N) is 1. The van der Waals surface area contributed by atoms with Crippen molar-refractivity contribution >= 4 is 29.3 Å². The summed E-state index contributed by atoms with van der Waals surface area (Å²) in [7, 11) is 0. The lowest BCUT2D eigenvalue weighted by molar-refractivity contribution is 0.0950. The van der Waals surface area contributed by atoms with Crippen LogP contribution in [-0.2, 0) is 6.42 Å². The number of anilines is 1. The third-order valence-corrected chi connectivity index (χ3v) is 6.37. The highest BCUT2D eigenvalue weighted by Gasteiger charge is 2.27.